The van der Waals surface area contributed by atoms with Gasteiger partial charge in [-0.15, -0.1) is 0 Å². The zero-order valence-corrected chi connectivity index (χ0v) is 24.4. The Bertz CT molecular complexity index is 1540. The molecule has 2 aromatic carbocycles. The monoisotopic (exact) mass is 603 g/mol. The molecule has 0 bridgehead atoms. The number of nitrogens with two attached hydrogens (primary N) is 1. The number of nitro groups is 1. The molecule has 220 valence electrons. The highest BCUT2D eigenvalue weighted by Gasteiger charge is 2.32. The van der Waals surface area contributed by atoms with Crippen molar-refractivity contribution in [3.63, 3.8) is 0 Å². The van der Waals surface area contributed by atoms with Gasteiger partial charge in [-0.2, -0.15) is 0 Å². The largest absolute Gasteiger partial charge is 0.496 e. The molecule has 41 heavy (non-hydrogen) atoms. The number of carbonyl (C=O) groups excluding carboxylic acids is 1. The first-order chi connectivity index (χ1) is 19.7. The predicted molar refractivity (Wildman–Crippen MR) is 156 cm³/mol. The fourth-order valence-electron chi connectivity index (χ4n) is 5.53. The smallest absolute Gasteiger partial charge is 0.409 e. The summed E-state index contributed by atoms with van der Waals surface area (Å²) in [6, 6.07) is 13.3. The van der Waals surface area contributed by atoms with Crippen LogP contribution in [0.3, 0.4) is 0 Å². The van der Waals surface area contributed by atoms with Gasteiger partial charge in [0.1, 0.15) is 16.6 Å². The molecule has 2 N–H and O–H groups in total. The number of thiophene rings is 1. The lowest BCUT2D eigenvalue weighted by molar-refractivity contribution is -0.383. The molecule has 1 atom stereocenters. The van der Waals surface area contributed by atoms with Crippen LogP contribution >= 0.6 is 11.3 Å². The summed E-state index contributed by atoms with van der Waals surface area (Å²) in [5.74, 6) is 0.838. The SMILES string of the molecule is COc1ccc2ccccc2c1CN1CCCCC1COC(=O)N1CCN(c2sc(S(N)(=O)=O)cc2[N+](=O)[O-])CC1. The van der Waals surface area contributed by atoms with Crippen LogP contribution in [0, 0.1) is 10.1 Å². The number of hydrogen-bond donors (Lipinski definition) is 1. The molecule has 0 spiro atoms. The summed E-state index contributed by atoms with van der Waals surface area (Å²) in [6.07, 6.45) is 2.62. The molecule has 1 unspecified atom stereocenters. The maximum Gasteiger partial charge on any atom is 0.409 e. The second kappa shape index (κ2) is 12.2. The lowest BCUT2D eigenvalue weighted by Crippen LogP contribution is -2.50. The maximum absolute atomic E-state index is 13.0. The van der Waals surface area contributed by atoms with E-state index >= 15 is 0 Å². The van der Waals surface area contributed by atoms with E-state index in [2.05, 4.69) is 23.1 Å². The first kappa shape index (κ1) is 29.0. The lowest BCUT2D eigenvalue weighted by atomic mass is 9.99. The number of rotatable bonds is 8. The molecular formula is C27H33N5O7S2. The van der Waals surface area contributed by atoms with Gasteiger partial charge in [-0.05, 0) is 36.2 Å². The summed E-state index contributed by atoms with van der Waals surface area (Å²) in [7, 11) is -2.39. The summed E-state index contributed by atoms with van der Waals surface area (Å²) in [6.45, 7) is 3.04. The molecular weight excluding hydrogens is 570 g/mol. The number of sulfonamides is 1. The average molecular weight is 604 g/mol. The zero-order valence-electron chi connectivity index (χ0n) is 22.7. The van der Waals surface area contributed by atoms with Crippen molar-refractivity contribution in [2.24, 2.45) is 5.14 Å². The van der Waals surface area contributed by atoms with Gasteiger partial charge in [-0.25, -0.2) is 18.4 Å². The van der Waals surface area contributed by atoms with Crippen molar-refractivity contribution in [2.75, 3.05) is 51.3 Å². The topological polar surface area (TPSA) is 149 Å². The lowest BCUT2D eigenvalue weighted by Gasteiger charge is -2.37. The van der Waals surface area contributed by atoms with E-state index in [9.17, 15) is 23.3 Å². The minimum absolute atomic E-state index is 0.0723. The summed E-state index contributed by atoms with van der Waals surface area (Å²) >= 11 is 0.766. The van der Waals surface area contributed by atoms with E-state index < -0.39 is 21.0 Å². The van der Waals surface area contributed by atoms with E-state index in [0.29, 0.717) is 32.7 Å². The molecule has 2 aliphatic heterocycles. The van der Waals surface area contributed by atoms with E-state index in [1.54, 1.807) is 16.9 Å². The highest BCUT2D eigenvalue weighted by atomic mass is 32.2. The molecule has 3 heterocycles. The van der Waals surface area contributed by atoms with Gasteiger partial charge in [0.05, 0.1) is 12.0 Å². The van der Waals surface area contributed by atoms with Crippen LogP contribution in [-0.4, -0.2) is 81.7 Å². The number of nitrogens with zero attached hydrogens (tertiary/aromatic N) is 4. The molecule has 0 radical (unpaired) electrons. The van der Waals surface area contributed by atoms with E-state index in [0.717, 1.165) is 65.3 Å². The van der Waals surface area contributed by atoms with Gasteiger partial charge in [0.25, 0.3) is 0 Å². The Morgan fingerprint density at radius 2 is 1.88 bits per heavy atom. The van der Waals surface area contributed by atoms with Gasteiger partial charge in [0.15, 0.2) is 5.00 Å². The van der Waals surface area contributed by atoms with Crippen molar-refractivity contribution in [2.45, 2.75) is 36.1 Å². The van der Waals surface area contributed by atoms with E-state index in [-0.39, 0.29) is 27.5 Å². The maximum atomic E-state index is 13.0. The van der Waals surface area contributed by atoms with Crippen LogP contribution in [0.5, 0.6) is 5.75 Å². The van der Waals surface area contributed by atoms with Gasteiger partial charge in [-0.1, -0.05) is 48.1 Å². The highest BCUT2D eigenvalue weighted by Crippen LogP contribution is 2.40. The second-order valence-electron chi connectivity index (χ2n) is 10.2. The second-order valence-corrected chi connectivity index (χ2v) is 13.0. The Morgan fingerprint density at radius 3 is 2.59 bits per heavy atom. The Morgan fingerprint density at radius 1 is 1.12 bits per heavy atom. The zero-order chi connectivity index (χ0) is 29.1. The number of methoxy groups -OCH3 is 1. The van der Waals surface area contributed by atoms with Crippen molar-refractivity contribution in [1.29, 1.82) is 0 Å². The normalized spacial score (nSPS) is 18.4. The Labute approximate surface area is 242 Å². The summed E-state index contributed by atoms with van der Waals surface area (Å²) in [5.41, 5.74) is 0.809. The number of primary sulfonamides is 1. The summed E-state index contributed by atoms with van der Waals surface area (Å²) in [5, 5.41) is 19.2. The van der Waals surface area contributed by atoms with Crippen LogP contribution in [0.1, 0.15) is 24.8 Å². The molecule has 3 aromatic rings. The number of fused-ring (bicyclic) bond motifs is 1. The van der Waals surface area contributed by atoms with Gasteiger partial charge >= 0.3 is 11.8 Å². The number of piperidine rings is 1. The van der Waals surface area contributed by atoms with Crippen molar-refractivity contribution in [1.82, 2.24) is 9.80 Å². The minimum atomic E-state index is -4.07. The number of ether oxygens (including phenoxy) is 2. The third-order valence-electron chi connectivity index (χ3n) is 7.70. The van der Waals surface area contributed by atoms with Gasteiger partial charge in [-0.3, -0.25) is 15.0 Å². The van der Waals surface area contributed by atoms with Crippen LogP contribution in [0.2, 0.25) is 0 Å². The van der Waals surface area contributed by atoms with Gasteiger partial charge in [0.2, 0.25) is 10.0 Å². The average Bonchev–Trinajstić information content (AvgIpc) is 3.44. The molecule has 5 rings (SSSR count). The van der Waals surface area contributed by atoms with Crippen molar-refractivity contribution in [3.05, 3.63) is 58.1 Å². The van der Waals surface area contributed by atoms with Crippen molar-refractivity contribution >= 4 is 48.9 Å². The van der Waals surface area contributed by atoms with Gasteiger partial charge < -0.3 is 19.3 Å². The van der Waals surface area contributed by atoms with Crippen LogP contribution < -0.4 is 14.8 Å². The van der Waals surface area contributed by atoms with Crippen LogP contribution in [0.15, 0.2) is 46.7 Å². The molecule has 12 nitrogen and oxygen atoms in total. The molecule has 2 saturated heterocycles. The molecule has 1 aromatic heterocycles. The molecule has 2 fully saturated rings. The number of amides is 1. The number of piperazine rings is 1. The molecule has 14 heteroatoms. The summed E-state index contributed by atoms with van der Waals surface area (Å²) in [4.78, 5) is 29.5. The first-order valence-corrected chi connectivity index (χ1v) is 15.8. The Hall–Kier alpha value is -3.46. The third-order valence-corrected chi connectivity index (χ3v) is 10.3. The quantitative estimate of drug-likeness (QED) is 0.300. The molecule has 2 aliphatic rings. The number of carbonyl (C=O) groups is 1. The van der Waals surface area contributed by atoms with E-state index in [1.807, 2.05) is 18.2 Å². The Balaban J connectivity index is 1.20. The standard InChI is InChI=1S/C27H33N5O7S2/c1-38-24-10-9-19-6-2-3-8-21(19)22(24)17-31-11-5-4-7-20(31)18-39-27(33)30-14-12-29(13-15-30)26-23(32(34)35)16-25(40-26)41(28,36)37/h2-3,6,8-10,16,20H,4-5,7,11-15,17-18H2,1H3,(H2,28,36,37). The fraction of sp³-hybridized carbons (Fsp3) is 0.444. The van der Waals surface area contributed by atoms with Crippen LogP contribution in [0.25, 0.3) is 10.8 Å². The Kier molecular flexibility index (Phi) is 8.63. The van der Waals surface area contributed by atoms with Gasteiger partial charge in [0, 0.05) is 50.4 Å². The van der Waals surface area contributed by atoms with Crippen LogP contribution in [-0.2, 0) is 21.3 Å². The van der Waals surface area contributed by atoms with E-state index in [1.165, 1.54) is 0 Å². The summed E-state index contributed by atoms with van der Waals surface area (Å²) < 4.78 is 34.7. The van der Waals surface area contributed by atoms with Crippen LogP contribution in [0.4, 0.5) is 15.5 Å². The number of likely N-dealkylation sites (tertiary alicyclic amines) is 1. The number of benzene rings is 2. The van der Waals surface area contributed by atoms with Crippen molar-refractivity contribution in [3.8, 4) is 5.75 Å². The van der Waals surface area contributed by atoms with E-state index in [4.69, 9.17) is 14.6 Å². The number of hydrogen-bond acceptors (Lipinski definition) is 10. The predicted octanol–water partition coefficient (Wildman–Crippen LogP) is 3.78. The first-order valence-electron chi connectivity index (χ1n) is 13.4. The third kappa shape index (κ3) is 6.40. The molecule has 0 saturated carbocycles. The highest BCUT2D eigenvalue weighted by molar-refractivity contribution is 7.91. The minimum Gasteiger partial charge on any atom is -0.496 e. The molecule has 0 aliphatic carbocycles. The fourth-order valence-corrected chi connectivity index (χ4v) is 7.42. The van der Waals surface area contributed by atoms with Crippen molar-refractivity contribution < 1.29 is 27.6 Å². The molecule has 1 amide bonds. The number of anilines is 1.